The van der Waals surface area contributed by atoms with Crippen LogP contribution in [0.25, 0.3) is 0 Å². The lowest BCUT2D eigenvalue weighted by molar-refractivity contribution is 0.0393. The summed E-state index contributed by atoms with van der Waals surface area (Å²) >= 11 is 9.87. The highest BCUT2D eigenvalue weighted by Crippen LogP contribution is 2.34. The van der Waals surface area contributed by atoms with Crippen molar-refractivity contribution in [2.45, 2.75) is 25.8 Å². The maximum Gasteiger partial charge on any atom is 0.0512 e. The van der Waals surface area contributed by atoms with E-state index in [2.05, 4.69) is 34.2 Å². The molecule has 2 rings (SSSR count). The highest BCUT2D eigenvalue weighted by atomic mass is 79.9. The fourth-order valence-electron chi connectivity index (χ4n) is 2.53. The topological polar surface area (TPSA) is 21.3 Å². The molecule has 0 spiro atoms. The van der Waals surface area contributed by atoms with E-state index in [0.717, 1.165) is 35.7 Å². The van der Waals surface area contributed by atoms with Gasteiger partial charge in [0.2, 0.25) is 0 Å². The Morgan fingerprint density at radius 3 is 3.06 bits per heavy atom. The molecule has 1 aromatic carbocycles. The summed E-state index contributed by atoms with van der Waals surface area (Å²) in [5, 5.41) is 4.38. The molecule has 1 aliphatic heterocycles. The van der Waals surface area contributed by atoms with E-state index >= 15 is 0 Å². The summed E-state index contributed by atoms with van der Waals surface area (Å²) in [6, 6.07) is 6.33. The lowest BCUT2D eigenvalue weighted by Crippen LogP contribution is -2.33. The molecular weight excluding hydrogens is 314 g/mol. The van der Waals surface area contributed by atoms with Crippen LogP contribution in [0.1, 0.15) is 31.4 Å². The molecule has 1 saturated heterocycles. The van der Waals surface area contributed by atoms with E-state index in [-0.39, 0.29) is 6.04 Å². The Labute approximate surface area is 122 Å². The number of hydrogen-bond donors (Lipinski definition) is 1. The highest BCUT2D eigenvalue weighted by molar-refractivity contribution is 9.10. The molecule has 2 nitrogen and oxygen atoms in total. The standard InChI is InChI=1S/C14H19BrClNO/c1-2-17-14(10-4-3-7-18-9-10)12-8-11(15)5-6-13(12)16/h5-6,8,10,14,17H,2-4,7,9H2,1H3. The summed E-state index contributed by atoms with van der Waals surface area (Å²) in [7, 11) is 0. The largest absolute Gasteiger partial charge is 0.381 e. The smallest absolute Gasteiger partial charge is 0.0512 e. The molecule has 0 radical (unpaired) electrons. The Kier molecular flexibility index (Phi) is 5.49. The summed E-state index contributed by atoms with van der Waals surface area (Å²) < 4.78 is 6.68. The second kappa shape index (κ2) is 6.90. The van der Waals surface area contributed by atoms with Crippen LogP contribution in [0.4, 0.5) is 0 Å². The Hall–Kier alpha value is -0.0900. The van der Waals surface area contributed by atoms with E-state index in [1.807, 2.05) is 12.1 Å². The van der Waals surface area contributed by atoms with Crippen LogP contribution in [-0.4, -0.2) is 19.8 Å². The second-order valence-corrected chi connectivity index (χ2v) is 6.00. The number of halogens is 2. The lowest BCUT2D eigenvalue weighted by Gasteiger charge is -2.31. The van der Waals surface area contributed by atoms with E-state index < -0.39 is 0 Å². The summed E-state index contributed by atoms with van der Waals surface area (Å²) in [6.45, 7) is 4.77. The van der Waals surface area contributed by atoms with Gasteiger partial charge in [-0.1, -0.05) is 34.5 Å². The molecule has 2 unspecified atom stereocenters. The van der Waals surface area contributed by atoms with Crippen LogP contribution >= 0.6 is 27.5 Å². The number of benzene rings is 1. The minimum atomic E-state index is 0.278. The zero-order valence-electron chi connectivity index (χ0n) is 10.6. The molecule has 0 amide bonds. The van der Waals surface area contributed by atoms with E-state index in [9.17, 15) is 0 Å². The molecule has 1 heterocycles. The molecule has 18 heavy (non-hydrogen) atoms. The van der Waals surface area contributed by atoms with Crippen LogP contribution < -0.4 is 5.32 Å². The monoisotopic (exact) mass is 331 g/mol. The maximum absolute atomic E-state index is 6.34. The Bertz CT molecular complexity index is 393. The molecule has 0 aromatic heterocycles. The molecule has 0 aliphatic carbocycles. The van der Waals surface area contributed by atoms with Crippen molar-refractivity contribution in [3.8, 4) is 0 Å². The van der Waals surface area contributed by atoms with Gasteiger partial charge in [0.05, 0.1) is 6.61 Å². The van der Waals surface area contributed by atoms with Crippen LogP contribution in [0, 0.1) is 5.92 Å². The number of ether oxygens (including phenoxy) is 1. The van der Waals surface area contributed by atoms with Crippen molar-refractivity contribution >= 4 is 27.5 Å². The van der Waals surface area contributed by atoms with Crippen LogP contribution in [0.2, 0.25) is 5.02 Å². The molecule has 1 fully saturated rings. The molecule has 2 atom stereocenters. The van der Waals surface area contributed by atoms with Crippen molar-refractivity contribution in [3.05, 3.63) is 33.3 Å². The Morgan fingerprint density at radius 1 is 1.56 bits per heavy atom. The first-order valence-electron chi connectivity index (χ1n) is 6.48. The summed E-state index contributed by atoms with van der Waals surface area (Å²) in [4.78, 5) is 0. The zero-order chi connectivity index (χ0) is 13.0. The molecule has 1 aromatic rings. The molecular formula is C14H19BrClNO. The third-order valence-electron chi connectivity index (χ3n) is 3.38. The van der Waals surface area contributed by atoms with Gasteiger partial charge in [-0.25, -0.2) is 0 Å². The summed E-state index contributed by atoms with van der Waals surface area (Å²) in [6.07, 6.45) is 2.33. The molecule has 4 heteroatoms. The van der Waals surface area contributed by atoms with Gasteiger partial charge in [0, 0.05) is 28.1 Å². The van der Waals surface area contributed by atoms with Gasteiger partial charge in [0.1, 0.15) is 0 Å². The van der Waals surface area contributed by atoms with Crippen molar-refractivity contribution in [3.63, 3.8) is 0 Å². The van der Waals surface area contributed by atoms with Gasteiger partial charge >= 0.3 is 0 Å². The third kappa shape index (κ3) is 3.47. The van der Waals surface area contributed by atoms with E-state index in [4.69, 9.17) is 16.3 Å². The highest BCUT2D eigenvalue weighted by Gasteiger charge is 2.26. The second-order valence-electron chi connectivity index (χ2n) is 4.68. The predicted octanol–water partition coefficient (Wildman–Crippen LogP) is 4.18. The normalized spacial score (nSPS) is 21.8. The van der Waals surface area contributed by atoms with Gasteiger partial charge in [-0.3, -0.25) is 0 Å². The van der Waals surface area contributed by atoms with Gasteiger partial charge in [0.15, 0.2) is 0 Å². The SMILES string of the molecule is CCNC(c1cc(Br)ccc1Cl)C1CCCOC1. The zero-order valence-corrected chi connectivity index (χ0v) is 12.9. The molecule has 0 bridgehead atoms. The van der Waals surface area contributed by atoms with Gasteiger partial charge in [0.25, 0.3) is 0 Å². The van der Waals surface area contributed by atoms with E-state index in [1.165, 1.54) is 12.0 Å². The fourth-order valence-corrected chi connectivity index (χ4v) is 3.15. The van der Waals surface area contributed by atoms with Crippen molar-refractivity contribution in [1.29, 1.82) is 0 Å². The average Bonchev–Trinajstić information content (AvgIpc) is 2.40. The van der Waals surface area contributed by atoms with Crippen LogP contribution in [0.15, 0.2) is 22.7 Å². The van der Waals surface area contributed by atoms with E-state index in [1.54, 1.807) is 0 Å². The number of nitrogens with one attached hydrogen (secondary N) is 1. The minimum Gasteiger partial charge on any atom is -0.381 e. The number of hydrogen-bond acceptors (Lipinski definition) is 2. The quantitative estimate of drug-likeness (QED) is 0.893. The Morgan fingerprint density at radius 2 is 2.39 bits per heavy atom. The van der Waals surface area contributed by atoms with Gasteiger partial charge in [-0.05, 0) is 43.1 Å². The third-order valence-corrected chi connectivity index (χ3v) is 4.22. The van der Waals surface area contributed by atoms with Crippen LogP contribution in [0.5, 0.6) is 0 Å². The van der Waals surface area contributed by atoms with Gasteiger partial charge < -0.3 is 10.1 Å². The predicted molar refractivity (Wildman–Crippen MR) is 79.1 cm³/mol. The summed E-state index contributed by atoms with van der Waals surface area (Å²) in [5.41, 5.74) is 1.17. The van der Waals surface area contributed by atoms with Crippen molar-refractivity contribution in [2.24, 2.45) is 5.92 Å². The van der Waals surface area contributed by atoms with Gasteiger partial charge in [-0.15, -0.1) is 0 Å². The fraction of sp³-hybridized carbons (Fsp3) is 0.571. The van der Waals surface area contributed by atoms with Crippen molar-refractivity contribution < 1.29 is 4.74 Å². The van der Waals surface area contributed by atoms with Crippen molar-refractivity contribution in [1.82, 2.24) is 5.32 Å². The first-order chi connectivity index (χ1) is 8.72. The minimum absolute atomic E-state index is 0.278. The molecule has 1 aliphatic rings. The first-order valence-corrected chi connectivity index (χ1v) is 7.65. The van der Waals surface area contributed by atoms with Crippen molar-refractivity contribution in [2.75, 3.05) is 19.8 Å². The molecule has 0 saturated carbocycles. The van der Waals surface area contributed by atoms with Crippen LogP contribution in [-0.2, 0) is 4.74 Å². The van der Waals surface area contributed by atoms with Crippen LogP contribution in [0.3, 0.4) is 0 Å². The summed E-state index contributed by atoms with van der Waals surface area (Å²) in [5.74, 6) is 0.505. The first kappa shape index (κ1) is 14.3. The number of rotatable bonds is 4. The molecule has 100 valence electrons. The lowest BCUT2D eigenvalue weighted by atomic mass is 9.88. The maximum atomic E-state index is 6.34. The average molecular weight is 333 g/mol. The van der Waals surface area contributed by atoms with E-state index in [0.29, 0.717) is 5.92 Å². The molecule has 1 N–H and O–H groups in total. The van der Waals surface area contributed by atoms with Gasteiger partial charge in [-0.2, -0.15) is 0 Å². The Balaban J connectivity index is 2.24.